The van der Waals surface area contributed by atoms with E-state index in [0.29, 0.717) is 31.0 Å². The number of fused-ring (bicyclic) bond motifs is 1. The van der Waals surface area contributed by atoms with Crippen LogP contribution < -0.4 is 4.74 Å². The Hall–Kier alpha value is -3.32. The van der Waals surface area contributed by atoms with Gasteiger partial charge in [0.15, 0.2) is 11.5 Å². The van der Waals surface area contributed by atoms with E-state index in [-0.39, 0.29) is 17.7 Å². The van der Waals surface area contributed by atoms with Gasteiger partial charge in [-0.25, -0.2) is 0 Å². The Balaban J connectivity index is 1.83. The second-order valence-electron chi connectivity index (χ2n) is 7.41. The first kappa shape index (κ1) is 20.0. The molecule has 30 heavy (non-hydrogen) atoms. The number of carbonyl (C=O) groups is 1. The number of aryl methyl sites for hydroxylation is 1. The number of hydrogen-bond acceptors (Lipinski definition) is 5. The second kappa shape index (κ2) is 8.20. The molecule has 1 unspecified atom stereocenters. The van der Waals surface area contributed by atoms with Crippen molar-refractivity contribution in [2.45, 2.75) is 19.4 Å². The number of carbonyl (C=O) groups excluding carboxylic acids is 1. The average molecular weight is 407 g/mol. The molecule has 2 aromatic carbocycles. The van der Waals surface area contributed by atoms with Crippen LogP contribution in [0.5, 0.6) is 11.5 Å². The summed E-state index contributed by atoms with van der Waals surface area (Å²) in [6, 6.07) is 12.9. The lowest BCUT2D eigenvalue weighted by atomic mass is 9.95. The molecule has 3 aromatic rings. The van der Waals surface area contributed by atoms with E-state index in [1.807, 2.05) is 42.2 Å². The van der Waals surface area contributed by atoms with Crippen molar-refractivity contribution in [3.63, 3.8) is 0 Å². The van der Waals surface area contributed by atoms with Crippen LogP contribution in [0.4, 0.5) is 0 Å². The van der Waals surface area contributed by atoms with Gasteiger partial charge in [-0.3, -0.25) is 9.89 Å². The van der Waals surface area contributed by atoms with Gasteiger partial charge in [0.25, 0.3) is 5.91 Å². The maximum Gasteiger partial charge on any atom is 0.273 e. The molecule has 1 aliphatic rings. The molecule has 4 rings (SSSR count). The van der Waals surface area contributed by atoms with Crippen molar-refractivity contribution in [3.05, 3.63) is 64.8 Å². The molecular formula is C23H25N3O4. The Morgan fingerprint density at radius 1 is 1.17 bits per heavy atom. The first-order chi connectivity index (χ1) is 14.5. The summed E-state index contributed by atoms with van der Waals surface area (Å²) in [6.45, 7) is 3.13. The summed E-state index contributed by atoms with van der Waals surface area (Å²) in [5, 5.41) is 17.5. The van der Waals surface area contributed by atoms with Gasteiger partial charge in [-0.05, 0) is 31.0 Å². The Morgan fingerprint density at radius 2 is 1.93 bits per heavy atom. The molecule has 7 nitrogen and oxygen atoms in total. The molecular weight excluding hydrogens is 382 g/mol. The van der Waals surface area contributed by atoms with Crippen molar-refractivity contribution < 1.29 is 19.4 Å². The number of amides is 1. The highest BCUT2D eigenvalue weighted by Crippen LogP contribution is 2.44. The van der Waals surface area contributed by atoms with Crippen LogP contribution in [0.3, 0.4) is 0 Å². The number of aromatic nitrogens is 2. The summed E-state index contributed by atoms with van der Waals surface area (Å²) in [4.78, 5) is 15.1. The third-order valence-corrected chi connectivity index (χ3v) is 5.46. The minimum Gasteiger partial charge on any atom is -0.504 e. The van der Waals surface area contributed by atoms with Crippen LogP contribution in [0, 0.1) is 6.92 Å². The monoisotopic (exact) mass is 407 g/mol. The van der Waals surface area contributed by atoms with Crippen LogP contribution in [0.15, 0.2) is 42.5 Å². The van der Waals surface area contributed by atoms with Crippen molar-refractivity contribution in [1.29, 1.82) is 0 Å². The molecule has 0 saturated heterocycles. The number of nitrogens with one attached hydrogen (secondary N) is 1. The maximum atomic E-state index is 13.2. The van der Waals surface area contributed by atoms with E-state index in [1.54, 1.807) is 19.2 Å². The van der Waals surface area contributed by atoms with E-state index in [1.165, 1.54) is 7.11 Å². The van der Waals surface area contributed by atoms with Crippen molar-refractivity contribution in [1.82, 2.24) is 15.1 Å². The molecule has 2 N–H and O–H groups in total. The number of benzene rings is 2. The third-order valence-electron chi connectivity index (χ3n) is 5.46. The lowest BCUT2D eigenvalue weighted by molar-refractivity contribution is 0.0723. The number of ether oxygens (including phenoxy) is 2. The van der Waals surface area contributed by atoms with Gasteiger partial charge in [0.05, 0.1) is 18.8 Å². The highest BCUT2D eigenvalue weighted by molar-refractivity contribution is 6.00. The first-order valence-corrected chi connectivity index (χ1v) is 9.87. The highest BCUT2D eigenvalue weighted by atomic mass is 16.5. The van der Waals surface area contributed by atoms with Crippen molar-refractivity contribution in [2.24, 2.45) is 0 Å². The fraction of sp³-hybridized carbons (Fsp3) is 0.304. The van der Waals surface area contributed by atoms with E-state index >= 15 is 0 Å². The molecule has 0 bridgehead atoms. The Bertz CT molecular complexity index is 1060. The quantitative estimate of drug-likeness (QED) is 0.584. The van der Waals surface area contributed by atoms with E-state index in [2.05, 4.69) is 10.2 Å². The third kappa shape index (κ3) is 3.41. The Labute approximate surface area is 175 Å². The fourth-order valence-electron chi connectivity index (χ4n) is 3.95. The molecule has 7 heteroatoms. The summed E-state index contributed by atoms with van der Waals surface area (Å²) in [5.41, 5.74) is 5.05. The van der Waals surface area contributed by atoms with Gasteiger partial charge < -0.3 is 19.5 Å². The number of aromatic amines is 1. The lowest BCUT2D eigenvalue weighted by Gasteiger charge is -2.26. The van der Waals surface area contributed by atoms with Gasteiger partial charge in [-0.15, -0.1) is 0 Å². The van der Waals surface area contributed by atoms with E-state index < -0.39 is 0 Å². The zero-order chi connectivity index (χ0) is 21.3. The molecule has 156 valence electrons. The van der Waals surface area contributed by atoms with Crippen LogP contribution >= 0.6 is 0 Å². The van der Waals surface area contributed by atoms with E-state index in [4.69, 9.17) is 9.47 Å². The van der Waals surface area contributed by atoms with Crippen LogP contribution in [0.1, 0.15) is 39.6 Å². The van der Waals surface area contributed by atoms with Gasteiger partial charge in [-0.1, -0.05) is 35.9 Å². The van der Waals surface area contributed by atoms with Crippen molar-refractivity contribution >= 4 is 5.91 Å². The molecule has 1 aromatic heterocycles. The number of phenolic OH excluding ortho intramolecular Hbond substituents is 1. The smallest absolute Gasteiger partial charge is 0.273 e. The van der Waals surface area contributed by atoms with Crippen molar-refractivity contribution in [2.75, 3.05) is 27.4 Å². The van der Waals surface area contributed by atoms with Crippen LogP contribution in [0.25, 0.3) is 11.3 Å². The van der Waals surface area contributed by atoms with Gasteiger partial charge >= 0.3 is 0 Å². The molecule has 0 saturated carbocycles. The second-order valence-corrected chi connectivity index (χ2v) is 7.41. The molecule has 1 aliphatic heterocycles. The first-order valence-electron chi connectivity index (χ1n) is 9.87. The molecule has 1 amide bonds. The van der Waals surface area contributed by atoms with E-state index in [9.17, 15) is 9.90 Å². The van der Waals surface area contributed by atoms with Gasteiger partial charge in [0, 0.05) is 31.4 Å². The maximum absolute atomic E-state index is 13.2. The molecule has 2 heterocycles. The SMILES string of the molecule is COCCCN1C(=O)c2[nH]nc(-c3ccc(C)cc3)c2C1c1ccc(O)c(OC)c1. The van der Waals surface area contributed by atoms with Crippen molar-refractivity contribution in [3.8, 4) is 22.8 Å². The number of rotatable bonds is 7. The van der Waals surface area contributed by atoms with E-state index in [0.717, 1.165) is 27.9 Å². The number of methoxy groups -OCH3 is 2. The zero-order valence-corrected chi connectivity index (χ0v) is 17.3. The number of aromatic hydroxyl groups is 1. The minimum absolute atomic E-state index is 0.0580. The summed E-state index contributed by atoms with van der Waals surface area (Å²) >= 11 is 0. The standard InChI is InChI=1S/C23H25N3O4/c1-14-5-7-15(8-6-14)20-19-21(25-24-20)23(28)26(11-4-12-29-2)22(19)16-9-10-17(27)18(13-16)30-3/h5-10,13,22,27H,4,11-12H2,1-3H3,(H,24,25). The summed E-state index contributed by atoms with van der Waals surface area (Å²) in [5.74, 6) is 0.331. The lowest BCUT2D eigenvalue weighted by Crippen LogP contribution is -2.31. The average Bonchev–Trinajstić information content (AvgIpc) is 3.29. The number of H-pyrrole nitrogens is 1. The predicted molar refractivity (Wildman–Crippen MR) is 113 cm³/mol. The molecule has 1 atom stereocenters. The summed E-state index contributed by atoms with van der Waals surface area (Å²) < 4.78 is 10.5. The van der Waals surface area contributed by atoms with Gasteiger partial charge in [-0.2, -0.15) is 5.10 Å². The molecule has 0 spiro atoms. The zero-order valence-electron chi connectivity index (χ0n) is 17.3. The number of nitrogens with zero attached hydrogens (tertiary/aromatic N) is 2. The molecule has 0 aliphatic carbocycles. The summed E-state index contributed by atoms with van der Waals surface area (Å²) in [6.07, 6.45) is 0.714. The Kier molecular flexibility index (Phi) is 5.46. The van der Waals surface area contributed by atoms with Gasteiger partial charge in [0.1, 0.15) is 5.69 Å². The topological polar surface area (TPSA) is 87.7 Å². The Morgan fingerprint density at radius 3 is 2.63 bits per heavy atom. The normalized spacial score (nSPS) is 15.5. The number of hydrogen-bond donors (Lipinski definition) is 2. The number of phenols is 1. The summed E-state index contributed by atoms with van der Waals surface area (Å²) in [7, 11) is 3.16. The van der Waals surface area contributed by atoms with Crippen LogP contribution in [0.2, 0.25) is 0 Å². The fourth-order valence-corrected chi connectivity index (χ4v) is 3.95. The minimum atomic E-state index is -0.339. The van der Waals surface area contributed by atoms with Gasteiger partial charge in [0.2, 0.25) is 0 Å². The molecule has 0 radical (unpaired) electrons. The molecule has 0 fully saturated rings. The largest absolute Gasteiger partial charge is 0.504 e. The van der Waals surface area contributed by atoms with Crippen LogP contribution in [-0.4, -0.2) is 53.5 Å². The predicted octanol–water partition coefficient (Wildman–Crippen LogP) is 3.68. The highest BCUT2D eigenvalue weighted by Gasteiger charge is 2.42. The van der Waals surface area contributed by atoms with Crippen LogP contribution in [-0.2, 0) is 4.74 Å².